The number of pyridine rings is 1. The van der Waals surface area contributed by atoms with Crippen LogP contribution in [-0.4, -0.2) is 33.3 Å². The molecular formula is C27H23FN2O4. The molecule has 6 nitrogen and oxygen atoms in total. The number of ketones is 1. The van der Waals surface area contributed by atoms with Crippen molar-refractivity contribution in [2.75, 3.05) is 6.61 Å². The van der Waals surface area contributed by atoms with Crippen LogP contribution >= 0.6 is 0 Å². The Balaban J connectivity index is 1.82. The Bertz CT molecular complexity index is 1270. The number of aromatic nitrogens is 1. The van der Waals surface area contributed by atoms with Gasteiger partial charge >= 0.3 is 0 Å². The van der Waals surface area contributed by atoms with Crippen LogP contribution in [0.1, 0.15) is 28.3 Å². The minimum atomic E-state index is -0.892. The van der Waals surface area contributed by atoms with Crippen LogP contribution in [0.15, 0.2) is 85.2 Å². The predicted octanol–water partition coefficient (Wildman–Crippen LogP) is 4.72. The third-order valence-electron chi connectivity index (χ3n) is 5.62. The standard InChI is InChI=1S/C27H23FN2O4/c1-3-13-34-21-10-11-22(17(2)14-21)25(31)23-24(19-6-8-20(28)9-7-19)30(27(33)26(23)32)16-18-5-4-12-29-15-18/h3-12,14-15,24,31H,1,13,16H2,2H3/b25-23-. The van der Waals surface area contributed by atoms with E-state index < -0.39 is 23.5 Å². The number of hydrogen-bond acceptors (Lipinski definition) is 5. The lowest BCUT2D eigenvalue weighted by atomic mass is 9.93. The molecule has 2 heterocycles. The molecule has 172 valence electrons. The van der Waals surface area contributed by atoms with Gasteiger partial charge in [-0.2, -0.15) is 0 Å². The second-order valence-electron chi connectivity index (χ2n) is 7.92. The maximum atomic E-state index is 13.6. The summed E-state index contributed by atoms with van der Waals surface area (Å²) in [5, 5.41) is 11.3. The Kier molecular flexibility index (Phi) is 6.54. The topological polar surface area (TPSA) is 79.7 Å². The number of rotatable bonds is 7. The highest BCUT2D eigenvalue weighted by atomic mass is 19.1. The molecule has 1 atom stereocenters. The molecule has 0 bridgehead atoms. The molecule has 2 aromatic carbocycles. The third kappa shape index (κ3) is 4.45. The number of aryl methyl sites for hydroxylation is 1. The van der Waals surface area contributed by atoms with E-state index in [0.717, 1.165) is 5.56 Å². The highest BCUT2D eigenvalue weighted by Gasteiger charge is 2.46. The van der Waals surface area contributed by atoms with Crippen molar-refractivity contribution in [3.8, 4) is 5.75 Å². The Labute approximate surface area is 196 Å². The highest BCUT2D eigenvalue weighted by molar-refractivity contribution is 6.46. The highest BCUT2D eigenvalue weighted by Crippen LogP contribution is 2.41. The van der Waals surface area contributed by atoms with Crippen molar-refractivity contribution < 1.29 is 23.8 Å². The third-order valence-corrected chi connectivity index (χ3v) is 5.62. The van der Waals surface area contributed by atoms with Gasteiger partial charge in [0.05, 0.1) is 11.6 Å². The summed E-state index contributed by atoms with van der Waals surface area (Å²) in [4.78, 5) is 31.7. The number of carbonyl (C=O) groups is 2. The van der Waals surface area contributed by atoms with Crippen molar-refractivity contribution in [2.24, 2.45) is 0 Å². The molecule has 0 spiro atoms. The molecule has 1 aromatic heterocycles. The zero-order chi connectivity index (χ0) is 24.2. The van der Waals surface area contributed by atoms with Gasteiger partial charge < -0.3 is 14.7 Å². The molecule has 0 saturated carbocycles. The van der Waals surface area contributed by atoms with E-state index in [4.69, 9.17) is 4.74 Å². The van der Waals surface area contributed by atoms with E-state index >= 15 is 0 Å². The number of Topliss-reactive ketones (excluding diaryl/α,β-unsaturated/α-hetero) is 1. The van der Waals surface area contributed by atoms with Crippen LogP contribution in [0.5, 0.6) is 5.75 Å². The minimum absolute atomic E-state index is 0.0524. The van der Waals surface area contributed by atoms with Crippen LogP contribution in [0.3, 0.4) is 0 Å². The Hall–Kier alpha value is -4.26. The number of aliphatic hydroxyl groups excluding tert-OH is 1. The summed E-state index contributed by atoms with van der Waals surface area (Å²) in [6.07, 6.45) is 4.84. The number of nitrogens with zero attached hydrogens (tertiary/aromatic N) is 2. The first-order valence-electron chi connectivity index (χ1n) is 10.7. The molecule has 1 aliphatic rings. The number of carbonyl (C=O) groups excluding carboxylic acids is 2. The van der Waals surface area contributed by atoms with Crippen molar-refractivity contribution in [1.29, 1.82) is 0 Å². The van der Waals surface area contributed by atoms with E-state index in [-0.39, 0.29) is 17.9 Å². The van der Waals surface area contributed by atoms with E-state index in [0.29, 0.717) is 29.0 Å². The normalized spacial score (nSPS) is 17.1. The SMILES string of the molecule is C=CCOc1ccc(/C(O)=C2/C(=O)C(=O)N(Cc3cccnc3)C2c2ccc(F)cc2)c(C)c1. The second-order valence-corrected chi connectivity index (χ2v) is 7.92. The summed E-state index contributed by atoms with van der Waals surface area (Å²) < 4.78 is 19.2. The van der Waals surface area contributed by atoms with Gasteiger partial charge in [0.25, 0.3) is 11.7 Å². The van der Waals surface area contributed by atoms with Crippen molar-refractivity contribution in [3.63, 3.8) is 0 Å². The number of amides is 1. The Morgan fingerprint density at radius 1 is 1.21 bits per heavy atom. The molecule has 1 aliphatic heterocycles. The minimum Gasteiger partial charge on any atom is -0.507 e. The molecule has 4 rings (SSSR count). The summed E-state index contributed by atoms with van der Waals surface area (Å²) in [6.45, 7) is 5.82. The molecular weight excluding hydrogens is 435 g/mol. The van der Waals surface area contributed by atoms with Gasteiger partial charge in [0.1, 0.15) is 23.9 Å². The smallest absolute Gasteiger partial charge is 0.295 e. The van der Waals surface area contributed by atoms with E-state index in [1.165, 1.54) is 29.2 Å². The Morgan fingerprint density at radius 3 is 2.62 bits per heavy atom. The quantitative estimate of drug-likeness (QED) is 0.240. The molecule has 0 radical (unpaired) electrons. The van der Waals surface area contributed by atoms with Crippen LogP contribution in [0, 0.1) is 12.7 Å². The fraction of sp³-hybridized carbons (Fsp3) is 0.148. The molecule has 34 heavy (non-hydrogen) atoms. The van der Waals surface area contributed by atoms with Crippen LogP contribution in [0.4, 0.5) is 4.39 Å². The molecule has 3 aromatic rings. The lowest BCUT2D eigenvalue weighted by molar-refractivity contribution is -0.140. The maximum Gasteiger partial charge on any atom is 0.295 e. The van der Waals surface area contributed by atoms with E-state index in [2.05, 4.69) is 11.6 Å². The first-order chi connectivity index (χ1) is 16.4. The molecule has 1 amide bonds. The molecule has 1 N–H and O–H groups in total. The molecule has 0 aliphatic carbocycles. The lowest BCUT2D eigenvalue weighted by Crippen LogP contribution is -2.29. The van der Waals surface area contributed by atoms with Crippen molar-refractivity contribution in [2.45, 2.75) is 19.5 Å². The molecule has 1 unspecified atom stereocenters. The monoisotopic (exact) mass is 458 g/mol. The lowest BCUT2D eigenvalue weighted by Gasteiger charge is -2.25. The van der Waals surface area contributed by atoms with Gasteiger partial charge in [-0.3, -0.25) is 14.6 Å². The van der Waals surface area contributed by atoms with Gasteiger partial charge in [-0.15, -0.1) is 0 Å². The fourth-order valence-corrected chi connectivity index (χ4v) is 4.01. The summed E-state index contributed by atoms with van der Waals surface area (Å²) in [5.74, 6) is -1.71. The van der Waals surface area contributed by atoms with Gasteiger partial charge in [0, 0.05) is 24.5 Å². The van der Waals surface area contributed by atoms with Gasteiger partial charge in [-0.25, -0.2) is 4.39 Å². The summed E-state index contributed by atoms with van der Waals surface area (Å²) in [6, 6.07) is 13.2. The molecule has 1 saturated heterocycles. The van der Waals surface area contributed by atoms with Crippen LogP contribution in [0.2, 0.25) is 0 Å². The summed E-state index contributed by atoms with van der Waals surface area (Å²) >= 11 is 0. The van der Waals surface area contributed by atoms with E-state index in [1.807, 2.05) is 0 Å². The van der Waals surface area contributed by atoms with Gasteiger partial charge in [-0.1, -0.05) is 30.9 Å². The molecule has 1 fully saturated rings. The number of ether oxygens (including phenoxy) is 1. The summed E-state index contributed by atoms with van der Waals surface area (Å²) in [7, 11) is 0. The first-order valence-corrected chi connectivity index (χ1v) is 10.7. The largest absolute Gasteiger partial charge is 0.507 e. The number of hydrogen-bond donors (Lipinski definition) is 1. The van der Waals surface area contributed by atoms with Crippen LogP contribution in [0.25, 0.3) is 5.76 Å². The summed E-state index contributed by atoms with van der Waals surface area (Å²) in [5.41, 5.74) is 2.24. The number of halogens is 1. The zero-order valence-electron chi connectivity index (χ0n) is 18.6. The van der Waals surface area contributed by atoms with Gasteiger partial charge in [0.2, 0.25) is 0 Å². The predicted molar refractivity (Wildman–Crippen MR) is 125 cm³/mol. The number of aliphatic hydroxyl groups is 1. The number of likely N-dealkylation sites (tertiary alicyclic amines) is 1. The van der Waals surface area contributed by atoms with Crippen molar-refractivity contribution in [1.82, 2.24) is 9.88 Å². The Morgan fingerprint density at radius 2 is 1.97 bits per heavy atom. The zero-order valence-corrected chi connectivity index (χ0v) is 18.6. The van der Waals surface area contributed by atoms with Crippen LogP contribution in [-0.2, 0) is 16.1 Å². The van der Waals surface area contributed by atoms with E-state index in [9.17, 15) is 19.1 Å². The maximum absolute atomic E-state index is 13.6. The van der Waals surface area contributed by atoms with Crippen LogP contribution < -0.4 is 4.74 Å². The van der Waals surface area contributed by atoms with E-state index in [1.54, 1.807) is 55.7 Å². The average molecular weight is 458 g/mol. The fourth-order valence-electron chi connectivity index (χ4n) is 4.01. The molecule has 7 heteroatoms. The first kappa shape index (κ1) is 22.9. The average Bonchev–Trinajstić information content (AvgIpc) is 3.08. The second kappa shape index (κ2) is 9.70. The number of benzene rings is 2. The van der Waals surface area contributed by atoms with Crippen molar-refractivity contribution >= 4 is 17.4 Å². The van der Waals surface area contributed by atoms with Gasteiger partial charge in [0.15, 0.2) is 0 Å². The van der Waals surface area contributed by atoms with Crippen molar-refractivity contribution in [3.05, 3.63) is 113 Å². The van der Waals surface area contributed by atoms with Gasteiger partial charge in [-0.05, 0) is 60.0 Å².